The molecule has 7 nitrogen and oxygen atoms in total. The van der Waals surface area contributed by atoms with E-state index in [4.69, 9.17) is 9.47 Å². The van der Waals surface area contributed by atoms with Crippen molar-refractivity contribution < 1.29 is 19.2 Å². The van der Waals surface area contributed by atoms with Crippen LogP contribution < -0.4 is 14.8 Å². The van der Waals surface area contributed by atoms with Gasteiger partial charge in [-0.05, 0) is 41.0 Å². The zero-order valence-corrected chi connectivity index (χ0v) is 13.2. The third-order valence-corrected chi connectivity index (χ3v) is 4.05. The van der Waals surface area contributed by atoms with Crippen molar-refractivity contribution in [2.75, 3.05) is 14.2 Å². The lowest BCUT2D eigenvalue weighted by Crippen LogP contribution is -2.35. The van der Waals surface area contributed by atoms with E-state index < -0.39 is 4.92 Å². The first-order valence-corrected chi connectivity index (χ1v) is 7.32. The number of hydrogen-bond acceptors (Lipinski definition) is 5. The number of rotatable bonds is 4. The van der Waals surface area contributed by atoms with E-state index in [-0.39, 0.29) is 24.1 Å². The molecule has 1 aliphatic heterocycles. The summed E-state index contributed by atoms with van der Waals surface area (Å²) in [5, 5.41) is 13.7. The number of nitrogens with zero attached hydrogens (tertiary/aromatic N) is 1. The summed E-state index contributed by atoms with van der Waals surface area (Å²) < 4.78 is 10.6. The van der Waals surface area contributed by atoms with Gasteiger partial charge in [-0.15, -0.1) is 0 Å². The summed E-state index contributed by atoms with van der Waals surface area (Å²) in [5.74, 6) is 1.02. The molecule has 1 amide bonds. The van der Waals surface area contributed by atoms with Gasteiger partial charge in [-0.25, -0.2) is 0 Å². The van der Waals surface area contributed by atoms with E-state index >= 15 is 0 Å². The lowest BCUT2D eigenvalue weighted by molar-refractivity contribution is -0.384. The molecule has 0 radical (unpaired) electrons. The van der Waals surface area contributed by atoms with Crippen molar-refractivity contribution in [3.63, 3.8) is 0 Å². The van der Waals surface area contributed by atoms with Gasteiger partial charge in [-0.1, -0.05) is 0 Å². The first kappa shape index (κ1) is 15.8. The van der Waals surface area contributed by atoms with E-state index in [2.05, 4.69) is 5.32 Å². The Balaban J connectivity index is 2.07. The Hall–Kier alpha value is -3.09. The summed E-state index contributed by atoms with van der Waals surface area (Å²) in [5.41, 5.74) is 2.51. The Morgan fingerprint density at radius 2 is 1.75 bits per heavy atom. The summed E-state index contributed by atoms with van der Waals surface area (Å²) in [6, 6.07) is 9.39. The monoisotopic (exact) mass is 328 g/mol. The molecule has 0 saturated carbocycles. The molecule has 0 aromatic heterocycles. The number of fused-ring (bicyclic) bond motifs is 1. The SMILES string of the molecule is COc1cc2c(cc1OC)[C@@H](c1ccc([N+](=O)[O-])cc1)NC(=O)C2. The van der Waals surface area contributed by atoms with E-state index in [1.54, 1.807) is 32.4 Å². The Labute approximate surface area is 138 Å². The normalized spacial score (nSPS) is 16.1. The molecule has 24 heavy (non-hydrogen) atoms. The molecule has 1 aliphatic rings. The predicted octanol–water partition coefficient (Wildman–Crippen LogP) is 2.37. The van der Waals surface area contributed by atoms with Gasteiger partial charge >= 0.3 is 0 Å². The second-order valence-electron chi connectivity index (χ2n) is 5.43. The zero-order valence-electron chi connectivity index (χ0n) is 13.2. The molecular weight excluding hydrogens is 312 g/mol. The molecule has 124 valence electrons. The molecule has 7 heteroatoms. The first-order valence-electron chi connectivity index (χ1n) is 7.32. The van der Waals surface area contributed by atoms with Crippen LogP contribution in [0.3, 0.4) is 0 Å². The highest BCUT2D eigenvalue weighted by Crippen LogP contribution is 2.37. The highest BCUT2D eigenvalue weighted by atomic mass is 16.6. The number of amides is 1. The highest BCUT2D eigenvalue weighted by molar-refractivity contribution is 5.82. The second kappa shape index (κ2) is 6.19. The van der Waals surface area contributed by atoms with Crippen molar-refractivity contribution in [2.24, 2.45) is 0 Å². The Morgan fingerprint density at radius 1 is 1.12 bits per heavy atom. The average molecular weight is 328 g/mol. The fraction of sp³-hybridized carbons (Fsp3) is 0.235. The predicted molar refractivity (Wildman–Crippen MR) is 86.3 cm³/mol. The van der Waals surface area contributed by atoms with Crippen LogP contribution in [0.4, 0.5) is 5.69 Å². The van der Waals surface area contributed by atoms with Crippen molar-refractivity contribution in [1.82, 2.24) is 5.32 Å². The molecule has 2 aromatic carbocycles. The molecule has 1 heterocycles. The number of carbonyl (C=O) groups is 1. The van der Waals surface area contributed by atoms with Crippen LogP contribution >= 0.6 is 0 Å². The standard InChI is InChI=1S/C17H16N2O5/c1-23-14-7-11-8-16(20)18-17(13(11)9-15(14)24-2)10-3-5-12(6-4-10)19(21)22/h3-7,9,17H,8H2,1-2H3,(H,18,20)/t17-/m1/s1. The molecule has 3 rings (SSSR count). The molecule has 0 bridgehead atoms. The van der Waals surface area contributed by atoms with Crippen LogP contribution in [0, 0.1) is 10.1 Å². The number of nitro groups is 1. The number of benzene rings is 2. The number of hydrogen-bond donors (Lipinski definition) is 1. The van der Waals surface area contributed by atoms with Crippen molar-refractivity contribution in [3.8, 4) is 11.5 Å². The van der Waals surface area contributed by atoms with Gasteiger partial charge in [0.2, 0.25) is 5.91 Å². The van der Waals surface area contributed by atoms with Crippen LogP contribution in [0.15, 0.2) is 36.4 Å². The molecule has 0 aliphatic carbocycles. The number of non-ortho nitro benzene ring substituents is 1. The third-order valence-electron chi connectivity index (χ3n) is 4.05. The van der Waals surface area contributed by atoms with Crippen LogP contribution in [0.5, 0.6) is 11.5 Å². The molecule has 0 spiro atoms. The second-order valence-corrected chi connectivity index (χ2v) is 5.43. The van der Waals surface area contributed by atoms with Crippen LogP contribution in [0.25, 0.3) is 0 Å². The van der Waals surface area contributed by atoms with E-state index in [0.717, 1.165) is 16.7 Å². The summed E-state index contributed by atoms with van der Waals surface area (Å²) in [7, 11) is 3.09. The minimum Gasteiger partial charge on any atom is -0.493 e. The lowest BCUT2D eigenvalue weighted by Gasteiger charge is -2.28. The van der Waals surface area contributed by atoms with Crippen molar-refractivity contribution >= 4 is 11.6 Å². The molecule has 0 saturated heterocycles. The van der Waals surface area contributed by atoms with Crippen molar-refractivity contribution in [1.29, 1.82) is 0 Å². The van der Waals surface area contributed by atoms with Gasteiger partial charge in [-0.2, -0.15) is 0 Å². The van der Waals surface area contributed by atoms with Crippen LogP contribution in [-0.2, 0) is 11.2 Å². The van der Waals surface area contributed by atoms with E-state index in [1.165, 1.54) is 12.1 Å². The third kappa shape index (κ3) is 2.76. The zero-order chi connectivity index (χ0) is 17.3. The largest absolute Gasteiger partial charge is 0.493 e. The van der Waals surface area contributed by atoms with Crippen LogP contribution in [0.2, 0.25) is 0 Å². The number of nitrogens with one attached hydrogen (secondary N) is 1. The van der Waals surface area contributed by atoms with E-state index in [0.29, 0.717) is 11.5 Å². The quantitative estimate of drug-likeness (QED) is 0.687. The fourth-order valence-corrected chi connectivity index (χ4v) is 2.87. The maximum atomic E-state index is 12.0. The van der Waals surface area contributed by atoms with Gasteiger partial charge in [0.1, 0.15) is 0 Å². The van der Waals surface area contributed by atoms with E-state index in [9.17, 15) is 14.9 Å². The van der Waals surface area contributed by atoms with Gasteiger partial charge in [0.15, 0.2) is 11.5 Å². The van der Waals surface area contributed by atoms with Crippen LogP contribution in [-0.4, -0.2) is 25.1 Å². The van der Waals surface area contributed by atoms with Crippen LogP contribution in [0.1, 0.15) is 22.7 Å². The van der Waals surface area contributed by atoms with Gasteiger partial charge in [0.25, 0.3) is 5.69 Å². The maximum Gasteiger partial charge on any atom is 0.269 e. The van der Waals surface area contributed by atoms with Gasteiger partial charge in [0, 0.05) is 12.1 Å². The highest BCUT2D eigenvalue weighted by Gasteiger charge is 2.28. The first-order chi connectivity index (χ1) is 11.5. The number of nitro benzene ring substituents is 1. The Bertz CT molecular complexity index is 801. The molecule has 1 N–H and O–H groups in total. The summed E-state index contributed by atoms with van der Waals surface area (Å²) >= 11 is 0. The number of methoxy groups -OCH3 is 2. The summed E-state index contributed by atoms with van der Waals surface area (Å²) in [6.07, 6.45) is 0.249. The molecule has 2 aromatic rings. The fourth-order valence-electron chi connectivity index (χ4n) is 2.87. The molecule has 0 unspecified atom stereocenters. The molecular formula is C17H16N2O5. The number of ether oxygens (including phenoxy) is 2. The molecule has 1 atom stereocenters. The molecule has 0 fully saturated rings. The van der Waals surface area contributed by atoms with Gasteiger partial charge in [-0.3, -0.25) is 14.9 Å². The topological polar surface area (TPSA) is 90.7 Å². The minimum atomic E-state index is -0.453. The smallest absolute Gasteiger partial charge is 0.269 e. The van der Waals surface area contributed by atoms with Gasteiger partial charge < -0.3 is 14.8 Å². The Kier molecular flexibility index (Phi) is 4.07. The lowest BCUT2D eigenvalue weighted by atomic mass is 9.89. The summed E-state index contributed by atoms with van der Waals surface area (Å²) in [6.45, 7) is 0. The summed E-state index contributed by atoms with van der Waals surface area (Å²) in [4.78, 5) is 22.4. The number of carbonyl (C=O) groups excluding carboxylic acids is 1. The minimum absolute atomic E-state index is 0.00780. The van der Waals surface area contributed by atoms with E-state index in [1.807, 2.05) is 6.07 Å². The Morgan fingerprint density at radius 3 is 2.33 bits per heavy atom. The average Bonchev–Trinajstić information content (AvgIpc) is 2.59. The maximum absolute atomic E-state index is 12.0. The van der Waals surface area contributed by atoms with Gasteiger partial charge in [0.05, 0.1) is 31.6 Å². The van der Waals surface area contributed by atoms with Crippen molar-refractivity contribution in [2.45, 2.75) is 12.5 Å². The van der Waals surface area contributed by atoms with Crippen molar-refractivity contribution in [3.05, 3.63) is 63.2 Å².